The second-order valence-corrected chi connectivity index (χ2v) is 7.32. The minimum atomic E-state index is -0.208. The van der Waals surface area contributed by atoms with Crippen molar-refractivity contribution in [3.8, 4) is 0 Å². The lowest BCUT2D eigenvalue weighted by Gasteiger charge is -2.32. The number of ether oxygens (including phenoxy) is 1. The molecule has 3 rings (SSSR count). The molecular formula is C20H24Cl2N2O. The van der Waals surface area contributed by atoms with Gasteiger partial charge in [0.1, 0.15) is 6.10 Å². The number of benzene rings is 2. The van der Waals surface area contributed by atoms with Gasteiger partial charge in [0.05, 0.1) is 6.61 Å². The van der Waals surface area contributed by atoms with Crippen molar-refractivity contribution in [2.45, 2.75) is 6.10 Å². The standard InChI is InChI=1S/C20H24Cl2N2O/c1-23-9-11-24(12-10-23)13-14-25-20(16-5-4-6-17(21)15-16)18-7-2-3-8-19(18)22/h2-8,15,20H,9-14H2,1H3/t20-/m0/s1. The van der Waals surface area contributed by atoms with E-state index in [1.807, 2.05) is 48.5 Å². The average molecular weight is 379 g/mol. The van der Waals surface area contributed by atoms with Crippen molar-refractivity contribution >= 4 is 23.2 Å². The Hall–Kier alpha value is -1.10. The summed E-state index contributed by atoms with van der Waals surface area (Å²) in [6.45, 7) is 5.99. The molecule has 0 saturated carbocycles. The van der Waals surface area contributed by atoms with Gasteiger partial charge < -0.3 is 9.64 Å². The van der Waals surface area contributed by atoms with E-state index in [0.29, 0.717) is 16.7 Å². The van der Waals surface area contributed by atoms with E-state index in [2.05, 4.69) is 16.8 Å². The van der Waals surface area contributed by atoms with E-state index in [1.165, 1.54) is 0 Å². The molecule has 1 aliphatic rings. The van der Waals surface area contributed by atoms with Crippen LogP contribution in [0.5, 0.6) is 0 Å². The van der Waals surface area contributed by atoms with E-state index < -0.39 is 0 Å². The van der Waals surface area contributed by atoms with Crippen LogP contribution in [0, 0.1) is 0 Å². The lowest BCUT2D eigenvalue weighted by Crippen LogP contribution is -2.45. The molecule has 3 nitrogen and oxygen atoms in total. The summed E-state index contributed by atoms with van der Waals surface area (Å²) in [4.78, 5) is 4.80. The Bertz CT molecular complexity index is 687. The summed E-state index contributed by atoms with van der Waals surface area (Å²) in [5, 5.41) is 1.42. The Labute approximate surface area is 160 Å². The van der Waals surface area contributed by atoms with E-state index in [4.69, 9.17) is 27.9 Å². The monoisotopic (exact) mass is 378 g/mol. The van der Waals surface area contributed by atoms with Crippen LogP contribution in [-0.2, 0) is 4.74 Å². The molecule has 0 amide bonds. The number of hydrogen-bond acceptors (Lipinski definition) is 3. The lowest BCUT2D eigenvalue weighted by molar-refractivity contribution is 0.0484. The van der Waals surface area contributed by atoms with Gasteiger partial charge in [-0.05, 0) is 30.8 Å². The molecule has 25 heavy (non-hydrogen) atoms. The summed E-state index contributed by atoms with van der Waals surface area (Å²) in [5.41, 5.74) is 2.00. The van der Waals surface area contributed by atoms with Crippen LogP contribution in [0.2, 0.25) is 10.0 Å². The van der Waals surface area contributed by atoms with Crippen molar-refractivity contribution in [3.63, 3.8) is 0 Å². The maximum Gasteiger partial charge on any atom is 0.109 e. The minimum absolute atomic E-state index is 0.208. The smallest absolute Gasteiger partial charge is 0.109 e. The minimum Gasteiger partial charge on any atom is -0.367 e. The molecule has 1 atom stereocenters. The van der Waals surface area contributed by atoms with Gasteiger partial charge in [-0.25, -0.2) is 0 Å². The fraction of sp³-hybridized carbons (Fsp3) is 0.400. The van der Waals surface area contributed by atoms with Gasteiger partial charge in [-0.2, -0.15) is 0 Å². The molecule has 1 heterocycles. The summed E-state index contributed by atoms with van der Waals surface area (Å²) in [5.74, 6) is 0. The molecule has 0 bridgehead atoms. The Morgan fingerprint density at radius 2 is 1.76 bits per heavy atom. The molecule has 1 aliphatic heterocycles. The Kier molecular flexibility index (Phi) is 6.74. The van der Waals surface area contributed by atoms with Crippen LogP contribution in [0.15, 0.2) is 48.5 Å². The molecule has 0 aliphatic carbocycles. The van der Waals surface area contributed by atoms with Gasteiger partial charge in [0.2, 0.25) is 0 Å². The lowest BCUT2D eigenvalue weighted by atomic mass is 10.0. The van der Waals surface area contributed by atoms with E-state index in [9.17, 15) is 0 Å². The number of piperazine rings is 1. The molecule has 1 saturated heterocycles. The third kappa shape index (κ3) is 5.19. The predicted octanol–water partition coefficient (Wildman–Crippen LogP) is 4.35. The molecule has 134 valence electrons. The number of nitrogens with zero attached hydrogens (tertiary/aromatic N) is 2. The van der Waals surface area contributed by atoms with E-state index in [1.54, 1.807) is 0 Å². The molecule has 5 heteroatoms. The zero-order valence-electron chi connectivity index (χ0n) is 14.5. The van der Waals surface area contributed by atoms with Crippen LogP contribution in [0.3, 0.4) is 0 Å². The fourth-order valence-electron chi connectivity index (χ4n) is 3.09. The maximum absolute atomic E-state index is 6.42. The molecule has 0 N–H and O–H groups in total. The predicted molar refractivity (Wildman–Crippen MR) is 105 cm³/mol. The molecule has 0 aromatic heterocycles. The van der Waals surface area contributed by atoms with Crippen LogP contribution in [0.1, 0.15) is 17.2 Å². The van der Waals surface area contributed by atoms with Crippen molar-refractivity contribution in [1.29, 1.82) is 0 Å². The Balaban J connectivity index is 1.70. The van der Waals surface area contributed by atoms with Crippen molar-refractivity contribution in [1.82, 2.24) is 9.80 Å². The van der Waals surface area contributed by atoms with Gasteiger partial charge in [0, 0.05) is 48.3 Å². The summed E-state index contributed by atoms with van der Waals surface area (Å²) < 4.78 is 6.28. The number of hydrogen-bond donors (Lipinski definition) is 0. The van der Waals surface area contributed by atoms with E-state index >= 15 is 0 Å². The molecular weight excluding hydrogens is 355 g/mol. The third-order valence-corrected chi connectivity index (χ3v) is 5.21. The first kappa shape index (κ1) is 18.7. The van der Waals surface area contributed by atoms with Gasteiger partial charge in [-0.1, -0.05) is 53.5 Å². The molecule has 1 fully saturated rings. The second kappa shape index (κ2) is 9.02. The first-order valence-corrected chi connectivity index (χ1v) is 9.41. The molecule has 0 unspecified atom stereocenters. The number of likely N-dealkylation sites (N-methyl/N-ethyl adjacent to an activating group) is 1. The first-order valence-electron chi connectivity index (χ1n) is 8.66. The van der Waals surface area contributed by atoms with Gasteiger partial charge >= 0.3 is 0 Å². The molecule has 2 aromatic rings. The molecule has 2 aromatic carbocycles. The van der Waals surface area contributed by atoms with Gasteiger partial charge in [-0.3, -0.25) is 4.90 Å². The van der Waals surface area contributed by atoms with Crippen molar-refractivity contribution in [2.24, 2.45) is 0 Å². The quantitative estimate of drug-likeness (QED) is 0.742. The van der Waals surface area contributed by atoms with Crippen molar-refractivity contribution in [3.05, 3.63) is 69.7 Å². The second-order valence-electron chi connectivity index (χ2n) is 6.47. The highest BCUT2D eigenvalue weighted by Gasteiger charge is 2.19. The fourth-order valence-corrected chi connectivity index (χ4v) is 3.53. The van der Waals surface area contributed by atoms with Crippen LogP contribution in [0.4, 0.5) is 0 Å². The summed E-state index contributed by atoms with van der Waals surface area (Å²) in [6.07, 6.45) is -0.208. The largest absolute Gasteiger partial charge is 0.367 e. The normalized spacial score (nSPS) is 17.6. The van der Waals surface area contributed by atoms with Crippen LogP contribution in [-0.4, -0.2) is 56.2 Å². The number of rotatable bonds is 6. The van der Waals surface area contributed by atoms with Crippen molar-refractivity contribution < 1.29 is 4.74 Å². The topological polar surface area (TPSA) is 15.7 Å². The summed E-state index contributed by atoms with van der Waals surface area (Å²) in [7, 11) is 2.17. The zero-order valence-corrected chi connectivity index (χ0v) is 16.0. The Morgan fingerprint density at radius 1 is 1.00 bits per heavy atom. The zero-order chi connectivity index (χ0) is 17.6. The summed E-state index contributed by atoms with van der Waals surface area (Å²) >= 11 is 12.6. The molecule has 0 spiro atoms. The van der Waals surface area contributed by atoms with Gasteiger partial charge in [0.25, 0.3) is 0 Å². The van der Waals surface area contributed by atoms with Crippen molar-refractivity contribution in [2.75, 3.05) is 46.4 Å². The maximum atomic E-state index is 6.42. The van der Waals surface area contributed by atoms with E-state index in [0.717, 1.165) is 43.9 Å². The van der Waals surface area contributed by atoms with Crippen LogP contribution >= 0.6 is 23.2 Å². The van der Waals surface area contributed by atoms with E-state index in [-0.39, 0.29) is 6.10 Å². The summed E-state index contributed by atoms with van der Waals surface area (Å²) in [6, 6.07) is 15.7. The molecule has 0 radical (unpaired) electrons. The van der Waals surface area contributed by atoms with Gasteiger partial charge in [-0.15, -0.1) is 0 Å². The van der Waals surface area contributed by atoms with Crippen LogP contribution in [0.25, 0.3) is 0 Å². The van der Waals surface area contributed by atoms with Gasteiger partial charge in [0.15, 0.2) is 0 Å². The average Bonchev–Trinajstić information content (AvgIpc) is 2.61. The number of halogens is 2. The Morgan fingerprint density at radius 3 is 2.48 bits per heavy atom. The third-order valence-electron chi connectivity index (χ3n) is 4.63. The highest BCUT2D eigenvalue weighted by molar-refractivity contribution is 6.31. The highest BCUT2D eigenvalue weighted by Crippen LogP contribution is 2.32. The van der Waals surface area contributed by atoms with Crippen LogP contribution < -0.4 is 0 Å². The first-order chi connectivity index (χ1) is 12.1. The highest BCUT2D eigenvalue weighted by atomic mass is 35.5. The SMILES string of the molecule is CN1CCN(CCO[C@@H](c2cccc(Cl)c2)c2ccccc2Cl)CC1.